The first-order chi connectivity index (χ1) is 7.71. The molecule has 90 valence electrons. The Balaban J connectivity index is 2.75. The molecule has 0 amide bonds. The number of ether oxygens (including phenoxy) is 1. The molecule has 0 heterocycles. The highest BCUT2D eigenvalue weighted by Crippen LogP contribution is 2.20. The third-order valence-electron chi connectivity index (χ3n) is 2.76. The fraction of sp³-hybridized carbons (Fsp3) is 0.538. The quantitative estimate of drug-likeness (QED) is 0.745. The maximum absolute atomic E-state index is 8.93. The molecule has 1 rings (SSSR count). The Morgan fingerprint density at radius 2 is 2.12 bits per heavy atom. The fourth-order valence-electron chi connectivity index (χ4n) is 1.63. The Labute approximate surface area is 97.7 Å². The van der Waals surface area contributed by atoms with Crippen LogP contribution >= 0.6 is 0 Å². The number of aryl methyl sites for hydroxylation is 1. The maximum Gasteiger partial charge on any atom is 0.122 e. The molecular formula is C13H21NO2. The van der Waals surface area contributed by atoms with Crippen molar-refractivity contribution in [3.63, 3.8) is 0 Å². The van der Waals surface area contributed by atoms with Gasteiger partial charge < -0.3 is 9.84 Å². The number of aliphatic hydroxyl groups is 1. The number of aliphatic hydroxyl groups excluding tert-OH is 1. The summed E-state index contributed by atoms with van der Waals surface area (Å²) < 4.78 is 5.33. The van der Waals surface area contributed by atoms with Crippen molar-refractivity contribution in [3.8, 4) is 5.75 Å². The van der Waals surface area contributed by atoms with Gasteiger partial charge in [-0.25, -0.2) is 0 Å². The van der Waals surface area contributed by atoms with Crippen LogP contribution in [-0.4, -0.2) is 37.4 Å². The molecule has 0 atom stereocenters. The van der Waals surface area contributed by atoms with Crippen molar-refractivity contribution in [2.45, 2.75) is 19.8 Å². The first-order valence-electron chi connectivity index (χ1n) is 5.66. The zero-order valence-electron chi connectivity index (χ0n) is 10.4. The number of hydrogen-bond acceptors (Lipinski definition) is 3. The number of methoxy groups -OCH3 is 1. The van der Waals surface area contributed by atoms with Crippen LogP contribution in [0.2, 0.25) is 0 Å². The molecule has 0 radical (unpaired) electrons. The standard InChI is InChI=1S/C13H21NO2/c1-4-11-5-6-13(16-3)12(9-11)7-8-14(2)10-15/h5-6,9,15H,4,7-8,10H2,1-3H3. The molecule has 0 unspecified atom stereocenters. The molecule has 0 saturated heterocycles. The molecular weight excluding hydrogens is 202 g/mol. The minimum Gasteiger partial charge on any atom is -0.496 e. The second kappa shape index (κ2) is 6.51. The third kappa shape index (κ3) is 3.51. The van der Waals surface area contributed by atoms with E-state index in [2.05, 4.69) is 19.1 Å². The Hall–Kier alpha value is -1.06. The van der Waals surface area contributed by atoms with Gasteiger partial charge in [0, 0.05) is 6.54 Å². The monoisotopic (exact) mass is 223 g/mol. The molecule has 16 heavy (non-hydrogen) atoms. The van der Waals surface area contributed by atoms with Crippen LogP contribution in [0, 0.1) is 0 Å². The molecule has 3 nitrogen and oxygen atoms in total. The summed E-state index contributed by atoms with van der Waals surface area (Å²) in [5.74, 6) is 0.934. The van der Waals surface area contributed by atoms with Gasteiger partial charge in [-0.15, -0.1) is 0 Å². The second-order valence-corrected chi connectivity index (χ2v) is 3.97. The van der Waals surface area contributed by atoms with Crippen molar-refractivity contribution < 1.29 is 9.84 Å². The van der Waals surface area contributed by atoms with Gasteiger partial charge in [-0.3, -0.25) is 4.90 Å². The minimum atomic E-state index is 0.0930. The van der Waals surface area contributed by atoms with Gasteiger partial charge in [0.05, 0.1) is 13.8 Å². The van der Waals surface area contributed by atoms with Gasteiger partial charge in [0.1, 0.15) is 5.75 Å². The van der Waals surface area contributed by atoms with E-state index in [0.29, 0.717) is 0 Å². The minimum absolute atomic E-state index is 0.0930. The summed E-state index contributed by atoms with van der Waals surface area (Å²) in [7, 11) is 3.59. The van der Waals surface area contributed by atoms with Crippen molar-refractivity contribution in [1.29, 1.82) is 0 Å². The van der Waals surface area contributed by atoms with E-state index in [1.54, 1.807) is 7.11 Å². The highest BCUT2D eigenvalue weighted by Gasteiger charge is 2.05. The SMILES string of the molecule is CCc1ccc(OC)c(CCN(C)CO)c1. The predicted octanol–water partition coefficient (Wildman–Crippen LogP) is 1.68. The van der Waals surface area contributed by atoms with Gasteiger partial charge in [0.15, 0.2) is 0 Å². The predicted molar refractivity (Wildman–Crippen MR) is 65.8 cm³/mol. The largest absolute Gasteiger partial charge is 0.496 e. The van der Waals surface area contributed by atoms with Crippen molar-refractivity contribution in [1.82, 2.24) is 4.90 Å². The summed E-state index contributed by atoms with van der Waals surface area (Å²) in [5, 5.41) is 8.93. The highest BCUT2D eigenvalue weighted by atomic mass is 16.5. The number of rotatable bonds is 6. The van der Waals surface area contributed by atoms with E-state index < -0.39 is 0 Å². The van der Waals surface area contributed by atoms with Crippen LogP contribution in [0.15, 0.2) is 18.2 Å². The van der Waals surface area contributed by atoms with Gasteiger partial charge in [0.2, 0.25) is 0 Å². The molecule has 0 bridgehead atoms. The van der Waals surface area contributed by atoms with E-state index in [-0.39, 0.29) is 6.73 Å². The summed E-state index contributed by atoms with van der Waals surface area (Å²) in [6.45, 7) is 3.07. The maximum atomic E-state index is 8.93. The molecule has 0 spiro atoms. The van der Waals surface area contributed by atoms with E-state index >= 15 is 0 Å². The summed E-state index contributed by atoms with van der Waals surface area (Å²) in [4.78, 5) is 1.87. The van der Waals surface area contributed by atoms with Crippen LogP contribution in [0.3, 0.4) is 0 Å². The van der Waals surface area contributed by atoms with Gasteiger partial charge in [-0.05, 0) is 37.1 Å². The summed E-state index contributed by atoms with van der Waals surface area (Å²) in [6.07, 6.45) is 1.93. The Morgan fingerprint density at radius 1 is 1.38 bits per heavy atom. The number of nitrogens with zero attached hydrogens (tertiary/aromatic N) is 1. The van der Waals surface area contributed by atoms with Gasteiger partial charge in [0.25, 0.3) is 0 Å². The van der Waals surface area contributed by atoms with E-state index in [1.807, 2.05) is 18.0 Å². The zero-order chi connectivity index (χ0) is 12.0. The molecule has 0 aliphatic heterocycles. The Bertz CT molecular complexity index is 326. The topological polar surface area (TPSA) is 32.7 Å². The van der Waals surface area contributed by atoms with E-state index in [1.165, 1.54) is 11.1 Å². The van der Waals surface area contributed by atoms with Crippen molar-refractivity contribution >= 4 is 0 Å². The van der Waals surface area contributed by atoms with Crippen LogP contribution < -0.4 is 4.74 Å². The van der Waals surface area contributed by atoms with E-state index in [0.717, 1.165) is 25.1 Å². The lowest BCUT2D eigenvalue weighted by Gasteiger charge is -2.15. The number of benzene rings is 1. The third-order valence-corrected chi connectivity index (χ3v) is 2.76. The number of likely N-dealkylation sites (N-methyl/N-ethyl adjacent to an activating group) is 1. The average molecular weight is 223 g/mol. The summed E-state index contributed by atoms with van der Waals surface area (Å²) in [6, 6.07) is 6.30. The fourth-order valence-corrected chi connectivity index (χ4v) is 1.63. The van der Waals surface area contributed by atoms with Crippen LogP contribution in [-0.2, 0) is 12.8 Å². The second-order valence-electron chi connectivity index (χ2n) is 3.97. The molecule has 0 aliphatic carbocycles. The van der Waals surface area contributed by atoms with Gasteiger partial charge in [-0.1, -0.05) is 19.1 Å². The van der Waals surface area contributed by atoms with Crippen molar-refractivity contribution in [3.05, 3.63) is 29.3 Å². The van der Waals surface area contributed by atoms with E-state index in [9.17, 15) is 0 Å². The smallest absolute Gasteiger partial charge is 0.122 e. The van der Waals surface area contributed by atoms with Crippen LogP contribution in [0.25, 0.3) is 0 Å². The first kappa shape index (κ1) is 13.0. The lowest BCUT2D eigenvalue weighted by atomic mass is 10.1. The highest BCUT2D eigenvalue weighted by molar-refractivity contribution is 5.37. The molecule has 0 aliphatic rings. The molecule has 3 heteroatoms. The molecule has 0 aromatic heterocycles. The van der Waals surface area contributed by atoms with Crippen molar-refractivity contribution in [2.75, 3.05) is 27.4 Å². The molecule has 1 N–H and O–H groups in total. The van der Waals surface area contributed by atoms with Gasteiger partial charge in [-0.2, -0.15) is 0 Å². The first-order valence-corrected chi connectivity index (χ1v) is 5.66. The Morgan fingerprint density at radius 3 is 2.69 bits per heavy atom. The molecule has 1 aromatic rings. The van der Waals surface area contributed by atoms with E-state index in [4.69, 9.17) is 9.84 Å². The van der Waals surface area contributed by atoms with Crippen LogP contribution in [0.5, 0.6) is 5.75 Å². The summed E-state index contributed by atoms with van der Waals surface area (Å²) in [5.41, 5.74) is 2.53. The Kier molecular flexibility index (Phi) is 5.29. The lowest BCUT2D eigenvalue weighted by molar-refractivity contribution is 0.134. The average Bonchev–Trinajstić information content (AvgIpc) is 2.35. The van der Waals surface area contributed by atoms with Crippen LogP contribution in [0.4, 0.5) is 0 Å². The zero-order valence-corrected chi connectivity index (χ0v) is 10.4. The van der Waals surface area contributed by atoms with Gasteiger partial charge >= 0.3 is 0 Å². The van der Waals surface area contributed by atoms with Crippen LogP contribution in [0.1, 0.15) is 18.1 Å². The molecule has 0 saturated carbocycles. The lowest BCUT2D eigenvalue weighted by Crippen LogP contribution is -2.22. The molecule has 0 fully saturated rings. The normalized spacial score (nSPS) is 10.8. The summed E-state index contributed by atoms with van der Waals surface area (Å²) >= 11 is 0. The van der Waals surface area contributed by atoms with Crippen molar-refractivity contribution in [2.24, 2.45) is 0 Å². The number of hydrogen-bond donors (Lipinski definition) is 1. The molecule has 1 aromatic carbocycles.